The molecule has 0 aliphatic rings. The molecule has 0 amide bonds. The molecule has 0 saturated carbocycles. The van der Waals surface area contributed by atoms with Gasteiger partial charge in [-0.05, 0) is 35.7 Å². The Bertz CT molecular complexity index is 1510. The smallest absolute Gasteiger partial charge is 0.155 e. The highest BCUT2D eigenvalue weighted by atomic mass is 32.1. The summed E-state index contributed by atoms with van der Waals surface area (Å²) >= 11 is 1.71. The summed E-state index contributed by atoms with van der Waals surface area (Å²) in [6.07, 6.45) is 7.02. The van der Waals surface area contributed by atoms with Crippen LogP contribution in [0.3, 0.4) is 0 Å². The van der Waals surface area contributed by atoms with Crippen molar-refractivity contribution in [3.8, 4) is 33.0 Å². The molecule has 0 spiro atoms. The first kappa shape index (κ1) is 16.9. The van der Waals surface area contributed by atoms with Crippen LogP contribution >= 0.6 is 11.3 Å². The topological polar surface area (TPSA) is 109 Å². The molecule has 6 rings (SSSR count). The number of thiophene rings is 1. The number of H-pyrrole nitrogens is 2. The number of nitrogens with two attached hydrogens (primary N) is 1. The number of nitrogens with one attached hydrogen (secondary N) is 2. The largest absolute Gasteiger partial charge is 0.397 e. The highest BCUT2D eigenvalue weighted by Gasteiger charge is 2.15. The molecule has 0 aliphatic heterocycles. The van der Waals surface area contributed by atoms with Gasteiger partial charge in [-0.15, -0.1) is 11.3 Å². The minimum absolute atomic E-state index is 0.614. The van der Waals surface area contributed by atoms with Crippen LogP contribution in [-0.2, 0) is 0 Å². The van der Waals surface area contributed by atoms with Gasteiger partial charge in [-0.25, -0.2) is 9.97 Å². The average molecular weight is 409 g/mol. The van der Waals surface area contributed by atoms with Gasteiger partial charge in [-0.2, -0.15) is 5.10 Å². The Morgan fingerprint density at radius 1 is 0.900 bits per heavy atom. The van der Waals surface area contributed by atoms with Gasteiger partial charge >= 0.3 is 0 Å². The molecule has 4 N–H and O–H groups in total. The quantitative estimate of drug-likeness (QED) is 0.386. The van der Waals surface area contributed by atoms with E-state index < -0.39 is 0 Å². The summed E-state index contributed by atoms with van der Waals surface area (Å²) in [6, 6.07) is 12.3. The standard InChI is InChI=1S/C22H15N7S/c23-14-6-12(9-24-11-14)13-7-17-20(28-29-22(17)26-10-13)18-8-16-15(19-2-1-5-30-19)3-4-25-21(16)27-18/h1-11H,23H2,(H,25,27)(H,26,28,29). The Kier molecular flexibility index (Phi) is 3.65. The Morgan fingerprint density at radius 3 is 2.70 bits per heavy atom. The van der Waals surface area contributed by atoms with E-state index in [1.165, 1.54) is 4.88 Å². The van der Waals surface area contributed by atoms with Crippen molar-refractivity contribution in [1.82, 2.24) is 30.1 Å². The van der Waals surface area contributed by atoms with Gasteiger partial charge in [0.25, 0.3) is 0 Å². The third kappa shape index (κ3) is 2.66. The fraction of sp³-hybridized carbons (Fsp3) is 0. The second kappa shape index (κ2) is 6.50. The van der Waals surface area contributed by atoms with Crippen LogP contribution in [0.1, 0.15) is 0 Å². The van der Waals surface area contributed by atoms with Crippen molar-refractivity contribution in [3.63, 3.8) is 0 Å². The third-order valence-electron chi connectivity index (χ3n) is 5.08. The normalized spacial score (nSPS) is 11.5. The fourth-order valence-electron chi connectivity index (χ4n) is 3.68. The van der Waals surface area contributed by atoms with E-state index in [0.29, 0.717) is 5.69 Å². The molecule has 0 aliphatic carbocycles. The first-order valence-electron chi connectivity index (χ1n) is 9.33. The summed E-state index contributed by atoms with van der Waals surface area (Å²) in [7, 11) is 0. The summed E-state index contributed by atoms with van der Waals surface area (Å²) in [5.74, 6) is 0. The molecule has 0 atom stereocenters. The number of hydrogen-bond acceptors (Lipinski definition) is 6. The predicted octanol–water partition coefficient (Wildman–Crippen LogP) is 4.87. The molecular formula is C22H15N7S. The molecule has 0 saturated heterocycles. The maximum absolute atomic E-state index is 5.89. The van der Waals surface area contributed by atoms with Gasteiger partial charge in [0.1, 0.15) is 11.3 Å². The molecule has 0 radical (unpaired) electrons. The van der Waals surface area contributed by atoms with Crippen LogP contribution in [0.25, 0.3) is 55.0 Å². The molecule has 0 unspecified atom stereocenters. The van der Waals surface area contributed by atoms with Crippen LogP contribution in [0.4, 0.5) is 5.69 Å². The summed E-state index contributed by atoms with van der Waals surface area (Å²) in [5.41, 5.74) is 12.7. The van der Waals surface area contributed by atoms with E-state index in [0.717, 1.165) is 50.1 Å². The average Bonchev–Trinajstić information content (AvgIpc) is 3.51. The number of aromatic nitrogens is 6. The van der Waals surface area contributed by atoms with Crippen LogP contribution in [0.2, 0.25) is 0 Å². The number of hydrogen-bond donors (Lipinski definition) is 3. The van der Waals surface area contributed by atoms with Crippen LogP contribution in [0.5, 0.6) is 0 Å². The van der Waals surface area contributed by atoms with E-state index in [4.69, 9.17) is 5.73 Å². The van der Waals surface area contributed by atoms with Gasteiger partial charge in [-0.3, -0.25) is 10.1 Å². The summed E-state index contributed by atoms with van der Waals surface area (Å²) in [5, 5.41) is 11.6. The first-order chi connectivity index (χ1) is 14.8. The van der Waals surface area contributed by atoms with Crippen molar-refractivity contribution in [2.75, 3.05) is 5.73 Å². The van der Waals surface area contributed by atoms with Crippen molar-refractivity contribution < 1.29 is 0 Å². The van der Waals surface area contributed by atoms with Crippen LogP contribution in [0, 0.1) is 0 Å². The van der Waals surface area contributed by atoms with Crippen LogP contribution in [0.15, 0.2) is 66.6 Å². The minimum atomic E-state index is 0.614. The first-order valence-corrected chi connectivity index (χ1v) is 10.2. The maximum Gasteiger partial charge on any atom is 0.155 e. The molecule has 6 aromatic heterocycles. The van der Waals surface area contributed by atoms with Crippen LogP contribution in [-0.4, -0.2) is 30.1 Å². The Morgan fingerprint density at radius 2 is 1.83 bits per heavy atom. The van der Waals surface area contributed by atoms with Gasteiger partial charge in [0.15, 0.2) is 5.65 Å². The van der Waals surface area contributed by atoms with Gasteiger partial charge in [-0.1, -0.05) is 6.07 Å². The third-order valence-corrected chi connectivity index (χ3v) is 5.99. The maximum atomic E-state index is 5.89. The predicted molar refractivity (Wildman–Crippen MR) is 120 cm³/mol. The van der Waals surface area contributed by atoms with Crippen molar-refractivity contribution in [2.24, 2.45) is 0 Å². The Balaban J connectivity index is 1.52. The number of nitrogens with zero attached hydrogens (tertiary/aromatic N) is 4. The van der Waals surface area contributed by atoms with E-state index >= 15 is 0 Å². The summed E-state index contributed by atoms with van der Waals surface area (Å²) in [4.78, 5) is 17.8. The SMILES string of the molecule is Nc1cncc(-c2cnc3[nH]nc(-c4cc5c(-c6cccs6)ccnc5[nH]4)c3c2)c1. The molecule has 7 nitrogen and oxygen atoms in total. The zero-order chi connectivity index (χ0) is 20.1. The summed E-state index contributed by atoms with van der Waals surface area (Å²) < 4.78 is 0. The van der Waals surface area contributed by atoms with Crippen molar-refractivity contribution in [3.05, 3.63) is 66.6 Å². The number of fused-ring (bicyclic) bond motifs is 2. The summed E-state index contributed by atoms with van der Waals surface area (Å²) in [6.45, 7) is 0. The fourth-order valence-corrected chi connectivity index (χ4v) is 4.45. The second-order valence-electron chi connectivity index (χ2n) is 6.98. The number of nitrogen functional groups attached to an aromatic ring is 1. The lowest BCUT2D eigenvalue weighted by atomic mass is 10.1. The van der Waals surface area contributed by atoms with E-state index in [9.17, 15) is 0 Å². The van der Waals surface area contributed by atoms with Crippen LogP contribution < -0.4 is 5.73 Å². The van der Waals surface area contributed by atoms with Crippen molar-refractivity contribution in [1.29, 1.82) is 0 Å². The van der Waals surface area contributed by atoms with Gasteiger partial charge in [0.2, 0.25) is 0 Å². The van der Waals surface area contributed by atoms with E-state index in [1.807, 2.05) is 18.3 Å². The lowest BCUT2D eigenvalue weighted by Crippen LogP contribution is -1.88. The zero-order valence-corrected chi connectivity index (χ0v) is 16.4. The molecule has 8 heteroatoms. The van der Waals surface area contributed by atoms with Crippen molar-refractivity contribution in [2.45, 2.75) is 0 Å². The van der Waals surface area contributed by atoms with E-state index in [2.05, 4.69) is 59.8 Å². The molecular weight excluding hydrogens is 394 g/mol. The van der Waals surface area contributed by atoms with E-state index in [1.54, 1.807) is 29.9 Å². The number of rotatable bonds is 3. The number of anilines is 1. The van der Waals surface area contributed by atoms with Gasteiger partial charge < -0.3 is 10.7 Å². The highest BCUT2D eigenvalue weighted by molar-refractivity contribution is 7.13. The van der Waals surface area contributed by atoms with E-state index in [-0.39, 0.29) is 0 Å². The molecule has 30 heavy (non-hydrogen) atoms. The molecule has 144 valence electrons. The molecule has 6 heterocycles. The Hall–Kier alpha value is -4.04. The molecule has 0 fully saturated rings. The second-order valence-corrected chi connectivity index (χ2v) is 7.93. The van der Waals surface area contributed by atoms with Gasteiger partial charge in [0.05, 0.1) is 11.4 Å². The number of pyridine rings is 3. The number of aromatic amines is 2. The highest BCUT2D eigenvalue weighted by Crippen LogP contribution is 2.35. The zero-order valence-electron chi connectivity index (χ0n) is 15.6. The minimum Gasteiger partial charge on any atom is -0.397 e. The Labute approximate surface area is 174 Å². The molecule has 0 aromatic carbocycles. The monoisotopic (exact) mass is 409 g/mol. The lowest BCUT2D eigenvalue weighted by Gasteiger charge is -2.02. The molecule has 0 bridgehead atoms. The lowest BCUT2D eigenvalue weighted by molar-refractivity contribution is 1.10. The van der Waals surface area contributed by atoms with Crippen molar-refractivity contribution >= 4 is 39.1 Å². The van der Waals surface area contributed by atoms with Gasteiger partial charge in [0, 0.05) is 57.1 Å². The molecule has 6 aromatic rings.